The molecule has 24 heavy (non-hydrogen) atoms. The third kappa shape index (κ3) is 7.26. The van der Waals surface area contributed by atoms with Crippen molar-refractivity contribution in [1.82, 2.24) is 16.0 Å². The summed E-state index contributed by atoms with van der Waals surface area (Å²) in [6.45, 7) is 7.53. The van der Waals surface area contributed by atoms with E-state index >= 15 is 0 Å². The van der Waals surface area contributed by atoms with Crippen molar-refractivity contribution in [2.24, 2.45) is 5.92 Å². The number of hydrogen-bond acceptors (Lipinski definition) is 3. The van der Waals surface area contributed by atoms with Crippen molar-refractivity contribution in [3.63, 3.8) is 0 Å². The van der Waals surface area contributed by atoms with Gasteiger partial charge in [-0.15, -0.1) is 0 Å². The number of rotatable bonds is 8. The molecular formula is C18H27N3O3. The van der Waals surface area contributed by atoms with Crippen LogP contribution in [-0.2, 0) is 9.59 Å². The summed E-state index contributed by atoms with van der Waals surface area (Å²) in [7, 11) is 0. The molecule has 1 aromatic rings. The van der Waals surface area contributed by atoms with E-state index < -0.39 is 6.04 Å². The Bertz CT molecular complexity index is 556. The molecule has 1 rings (SSSR count). The lowest BCUT2D eigenvalue weighted by Crippen LogP contribution is -2.47. The van der Waals surface area contributed by atoms with E-state index in [9.17, 15) is 14.4 Å². The molecule has 0 bridgehead atoms. The van der Waals surface area contributed by atoms with Crippen LogP contribution in [0.5, 0.6) is 0 Å². The highest BCUT2D eigenvalue weighted by Crippen LogP contribution is 2.01. The number of carbonyl (C=O) groups excluding carboxylic acids is 3. The Morgan fingerprint density at radius 2 is 1.58 bits per heavy atom. The molecule has 3 amide bonds. The van der Waals surface area contributed by atoms with Crippen LogP contribution in [0.25, 0.3) is 0 Å². The van der Waals surface area contributed by atoms with Crippen molar-refractivity contribution in [2.45, 2.75) is 46.2 Å². The number of carbonyl (C=O) groups is 3. The summed E-state index contributed by atoms with van der Waals surface area (Å²) in [4.78, 5) is 36.0. The summed E-state index contributed by atoms with van der Waals surface area (Å²) in [6.07, 6.45) is 0.106. The summed E-state index contributed by atoms with van der Waals surface area (Å²) < 4.78 is 0. The Kier molecular flexibility index (Phi) is 7.95. The standard InChI is InChI=1S/C18H27N3O3/c1-12(2)17(23)19-11-15(10-16(22)20-13(3)4)21-18(24)14-8-6-5-7-9-14/h5-9,12-13,15H,10-11H2,1-4H3,(H,19,23)(H,20,22)(H,21,24)/t15-/m1/s1. The second-order valence-electron chi connectivity index (χ2n) is 6.36. The van der Waals surface area contributed by atoms with E-state index in [1.165, 1.54) is 0 Å². The molecule has 0 saturated carbocycles. The average molecular weight is 333 g/mol. The van der Waals surface area contributed by atoms with Crippen molar-refractivity contribution >= 4 is 17.7 Å². The summed E-state index contributed by atoms with van der Waals surface area (Å²) >= 11 is 0. The van der Waals surface area contributed by atoms with Crippen LogP contribution in [-0.4, -0.2) is 36.3 Å². The molecule has 0 radical (unpaired) electrons. The highest BCUT2D eigenvalue weighted by molar-refractivity contribution is 5.94. The number of benzene rings is 1. The van der Waals surface area contributed by atoms with Gasteiger partial charge >= 0.3 is 0 Å². The van der Waals surface area contributed by atoms with Gasteiger partial charge in [-0.25, -0.2) is 0 Å². The zero-order valence-electron chi connectivity index (χ0n) is 14.8. The van der Waals surface area contributed by atoms with Gasteiger partial charge < -0.3 is 16.0 Å². The van der Waals surface area contributed by atoms with Gasteiger partial charge in [0.05, 0.1) is 6.04 Å². The lowest BCUT2D eigenvalue weighted by Gasteiger charge is -2.20. The zero-order chi connectivity index (χ0) is 18.1. The normalized spacial score (nSPS) is 11.9. The lowest BCUT2D eigenvalue weighted by atomic mass is 10.1. The van der Waals surface area contributed by atoms with Crippen LogP contribution in [0.3, 0.4) is 0 Å². The Morgan fingerprint density at radius 1 is 0.958 bits per heavy atom. The maximum Gasteiger partial charge on any atom is 0.251 e. The summed E-state index contributed by atoms with van der Waals surface area (Å²) in [5, 5.41) is 8.37. The van der Waals surface area contributed by atoms with E-state index in [0.29, 0.717) is 5.56 Å². The molecule has 0 fully saturated rings. The molecule has 0 heterocycles. The predicted molar refractivity (Wildman–Crippen MR) is 93.4 cm³/mol. The molecule has 0 aliphatic rings. The van der Waals surface area contributed by atoms with Gasteiger partial charge in [-0.1, -0.05) is 32.0 Å². The summed E-state index contributed by atoms with van der Waals surface area (Å²) in [6, 6.07) is 8.33. The summed E-state index contributed by atoms with van der Waals surface area (Å²) in [5.41, 5.74) is 0.516. The van der Waals surface area contributed by atoms with Gasteiger partial charge in [0.1, 0.15) is 0 Å². The van der Waals surface area contributed by atoms with E-state index in [2.05, 4.69) is 16.0 Å². The third-order valence-electron chi connectivity index (χ3n) is 3.30. The Balaban J connectivity index is 2.70. The summed E-state index contributed by atoms with van der Waals surface area (Å²) in [5.74, 6) is -0.697. The van der Waals surface area contributed by atoms with Crippen LogP contribution < -0.4 is 16.0 Å². The molecule has 0 aliphatic heterocycles. The van der Waals surface area contributed by atoms with Crippen molar-refractivity contribution in [3.8, 4) is 0 Å². The smallest absolute Gasteiger partial charge is 0.251 e. The van der Waals surface area contributed by atoms with Crippen LogP contribution >= 0.6 is 0 Å². The first-order valence-corrected chi connectivity index (χ1v) is 8.22. The molecule has 0 saturated heterocycles. The highest BCUT2D eigenvalue weighted by Gasteiger charge is 2.19. The molecule has 1 aromatic carbocycles. The van der Waals surface area contributed by atoms with E-state index in [1.54, 1.807) is 38.1 Å². The Labute approximate surface area is 143 Å². The SMILES string of the molecule is CC(C)NC(=O)C[C@H](CNC(=O)C(C)C)NC(=O)c1ccccc1. The van der Waals surface area contributed by atoms with Gasteiger partial charge in [-0.3, -0.25) is 14.4 Å². The Hall–Kier alpha value is -2.37. The minimum absolute atomic E-state index is 0.0215. The predicted octanol–water partition coefficient (Wildman–Crippen LogP) is 1.47. The van der Waals surface area contributed by atoms with Crippen LogP contribution in [0.1, 0.15) is 44.5 Å². The maximum atomic E-state index is 12.3. The first-order valence-electron chi connectivity index (χ1n) is 8.22. The van der Waals surface area contributed by atoms with Crippen LogP contribution in [0.2, 0.25) is 0 Å². The molecule has 1 atom stereocenters. The second-order valence-corrected chi connectivity index (χ2v) is 6.36. The van der Waals surface area contributed by atoms with Gasteiger partial charge in [-0.2, -0.15) is 0 Å². The number of nitrogens with one attached hydrogen (secondary N) is 3. The van der Waals surface area contributed by atoms with E-state index in [1.807, 2.05) is 19.9 Å². The zero-order valence-corrected chi connectivity index (χ0v) is 14.8. The molecule has 0 spiro atoms. The van der Waals surface area contributed by atoms with Gasteiger partial charge in [-0.05, 0) is 26.0 Å². The molecule has 6 heteroatoms. The highest BCUT2D eigenvalue weighted by atomic mass is 16.2. The minimum Gasteiger partial charge on any atom is -0.354 e. The number of amides is 3. The Morgan fingerprint density at radius 3 is 2.12 bits per heavy atom. The number of hydrogen-bond donors (Lipinski definition) is 3. The maximum absolute atomic E-state index is 12.3. The molecule has 0 aliphatic carbocycles. The minimum atomic E-state index is -0.473. The molecule has 0 aromatic heterocycles. The van der Waals surface area contributed by atoms with Crippen LogP contribution in [0, 0.1) is 5.92 Å². The van der Waals surface area contributed by atoms with Gasteiger partial charge in [0, 0.05) is 30.5 Å². The van der Waals surface area contributed by atoms with E-state index in [0.717, 1.165) is 0 Å². The van der Waals surface area contributed by atoms with Crippen molar-refractivity contribution in [3.05, 3.63) is 35.9 Å². The quantitative estimate of drug-likeness (QED) is 0.673. The molecule has 6 nitrogen and oxygen atoms in total. The molecule has 132 valence electrons. The van der Waals surface area contributed by atoms with E-state index in [4.69, 9.17) is 0 Å². The third-order valence-corrected chi connectivity index (χ3v) is 3.30. The van der Waals surface area contributed by atoms with Crippen molar-refractivity contribution in [2.75, 3.05) is 6.54 Å². The molecular weight excluding hydrogens is 306 g/mol. The first-order chi connectivity index (χ1) is 11.3. The van der Waals surface area contributed by atoms with Crippen LogP contribution in [0.4, 0.5) is 0 Å². The van der Waals surface area contributed by atoms with Crippen LogP contribution in [0.15, 0.2) is 30.3 Å². The fourth-order valence-corrected chi connectivity index (χ4v) is 2.07. The molecule has 3 N–H and O–H groups in total. The van der Waals surface area contributed by atoms with Gasteiger partial charge in [0.15, 0.2) is 0 Å². The lowest BCUT2D eigenvalue weighted by molar-refractivity contribution is -0.125. The van der Waals surface area contributed by atoms with E-state index in [-0.39, 0.29) is 42.6 Å². The topological polar surface area (TPSA) is 87.3 Å². The fraction of sp³-hybridized carbons (Fsp3) is 0.500. The molecule has 0 unspecified atom stereocenters. The monoisotopic (exact) mass is 333 g/mol. The second kappa shape index (κ2) is 9.70. The van der Waals surface area contributed by atoms with Gasteiger partial charge in [0.25, 0.3) is 5.91 Å². The fourth-order valence-electron chi connectivity index (χ4n) is 2.07. The first kappa shape index (κ1) is 19.7. The van der Waals surface area contributed by atoms with Gasteiger partial charge in [0.2, 0.25) is 11.8 Å². The largest absolute Gasteiger partial charge is 0.354 e. The van der Waals surface area contributed by atoms with Crippen molar-refractivity contribution in [1.29, 1.82) is 0 Å². The van der Waals surface area contributed by atoms with Crippen molar-refractivity contribution < 1.29 is 14.4 Å². The average Bonchev–Trinajstić information content (AvgIpc) is 2.52.